The maximum absolute atomic E-state index is 11.3. The highest BCUT2D eigenvalue weighted by atomic mass is 32.1. The number of rotatable bonds is 5. The number of anilines is 1. The summed E-state index contributed by atoms with van der Waals surface area (Å²) in [6.07, 6.45) is 0. The predicted molar refractivity (Wildman–Crippen MR) is 83.9 cm³/mol. The molecular weight excluding hydrogens is 286 g/mol. The molecule has 0 atom stereocenters. The van der Waals surface area contributed by atoms with Gasteiger partial charge in [0.25, 0.3) is 0 Å². The molecule has 2 aromatic heterocycles. The molecule has 0 spiro atoms. The lowest BCUT2D eigenvalue weighted by atomic mass is 9.90. The van der Waals surface area contributed by atoms with E-state index in [-0.39, 0.29) is 0 Å². The van der Waals surface area contributed by atoms with Crippen molar-refractivity contribution in [3.05, 3.63) is 40.7 Å². The van der Waals surface area contributed by atoms with E-state index >= 15 is 0 Å². The summed E-state index contributed by atoms with van der Waals surface area (Å²) in [7, 11) is 1.93. The van der Waals surface area contributed by atoms with Crippen molar-refractivity contribution in [3.8, 4) is 0 Å². The van der Waals surface area contributed by atoms with Crippen molar-refractivity contribution >= 4 is 22.4 Å². The van der Waals surface area contributed by atoms with Crippen molar-refractivity contribution < 1.29 is 9.90 Å². The van der Waals surface area contributed by atoms with E-state index in [4.69, 9.17) is 0 Å². The fourth-order valence-electron chi connectivity index (χ4n) is 1.83. The summed E-state index contributed by atoms with van der Waals surface area (Å²) in [5.41, 5.74) is 1.55. The monoisotopic (exact) mass is 305 g/mol. The van der Waals surface area contributed by atoms with E-state index < -0.39 is 11.4 Å². The van der Waals surface area contributed by atoms with E-state index in [9.17, 15) is 9.90 Å². The molecule has 0 unspecified atom stereocenters. The van der Waals surface area contributed by atoms with Crippen LogP contribution in [-0.2, 0) is 16.8 Å². The molecule has 0 aliphatic carbocycles. The van der Waals surface area contributed by atoms with E-state index in [1.807, 2.05) is 42.5 Å². The van der Waals surface area contributed by atoms with E-state index in [1.165, 1.54) is 11.3 Å². The number of aromatic nitrogens is 2. The van der Waals surface area contributed by atoms with Gasteiger partial charge in [0.05, 0.1) is 17.9 Å². The molecule has 0 aromatic carbocycles. The van der Waals surface area contributed by atoms with Crippen molar-refractivity contribution in [1.29, 1.82) is 0 Å². The van der Waals surface area contributed by atoms with Crippen LogP contribution in [0.2, 0.25) is 0 Å². The summed E-state index contributed by atoms with van der Waals surface area (Å²) < 4.78 is 0. The third-order valence-corrected chi connectivity index (χ3v) is 4.29. The van der Waals surface area contributed by atoms with E-state index in [0.717, 1.165) is 16.5 Å². The van der Waals surface area contributed by atoms with Crippen molar-refractivity contribution in [2.75, 3.05) is 11.9 Å². The zero-order valence-corrected chi connectivity index (χ0v) is 13.4. The summed E-state index contributed by atoms with van der Waals surface area (Å²) >= 11 is 1.45. The molecule has 0 fully saturated rings. The fraction of sp³-hybridized carbons (Fsp3) is 0.400. The lowest BCUT2D eigenvalue weighted by Crippen LogP contribution is -2.29. The van der Waals surface area contributed by atoms with Crippen LogP contribution >= 0.6 is 11.3 Å². The Labute approximate surface area is 128 Å². The van der Waals surface area contributed by atoms with Crippen molar-refractivity contribution in [2.24, 2.45) is 0 Å². The minimum atomic E-state index is -0.975. The SMILES string of the molecule is Cc1cccc(CN(C)c2nc(C(C)(C)C(=O)O)cs2)n1. The van der Waals surface area contributed by atoms with Crippen LogP contribution in [0.5, 0.6) is 0 Å². The maximum Gasteiger partial charge on any atom is 0.315 e. The molecule has 2 aromatic rings. The molecule has 0 saturated heterocycles. The van der Waals surface area contributed by atoms with Crippen molar-refractivity contribution in [3.63, 3.8) is 0 Å². The van der Waals surface area contributed by atoms with E-state index in [0.29, 0.717) is 12.2 Å². The first-order valence-corrected chi connectivity index (χ1v) is 7.51. The molecule has 5 nitrogen and oxygen atoms in total. The molecule has 2 rings (SSSR count). The van der Waals surface area contributed by atoms with Gasteiger partial charge in [-0.25, -0.2) is 4.98 Å². The molecule has 0 amide bonds. The average molecular weight is 305 g/mol. The number of thiazole rings is 1. The highest BCUT2D eigenvalue weighted by molar-refractivity contribution is 7.13. The highest BCUT2D eigenvalue weighted by Gasteiger charge is 2.32. The summed E-state index contributed by atoms with van der Waals surface area (Å²) in [5, 5.41) is 11.9. The van der Waals surface area contributed by atoms with Crippen LogP contribution in [0.15, 0.2) is 23.6 Å². The van der Waals surface area contributed by atoms with E-state index in [2.05, 4.69) is 9.97 Å². The number of aliphatic carboxylic acids is 1. The van der Waals surface area contributed by atoms with Crippen LogP contribution in [0, 0.1) is 6.92 Å². The van der Waals surface area contributed by atoms with Gasteiger partial charge in [-0.05, 0) is 32.9 Å². The molecule has 0 aliphatic heterocycles. The third-order valence-electron chi connectivity index (χ3n) is 3.34. The Hall–Kier alpha value is -1.95. The highest BCUT2D eigenvalue weighted by Crippen LogP contribution is 2.29. The number of pyridine rings is 1. The van der Waals surface area contributed by atoms with Gasteiger partial charge in [-0.3, -0.25) is 9.78 Å². The Kier molecular flexibility index (Phi) is 4.27. The van der Waals surface area contributed by atoms with Gasteiger partial charge in [0.1, 0.15) is 5.41 Å². The predicted octanol–water partition coefficient (Wildman–Crippen LogP) is 2.85. The smallest absolute Gasteiger partial charge is 0.315 e. The normalized spacial score (nSPS) is 11.4. The number of carboxylic acid groups (broad SMARTS) is 1. The quantitative estimate of drug-likeness (QED) is 0.920. The summed E-state index contributed by atoms with van der Waals surface area (Å²) in [5.74, 6) is -0.873. The lowest BCUT2D eigenvalue weighted by molar-refractivity contribution is -0.142. The van der Waals surface area contributed by atoms with Crippen molar-refractivity contribution in [2.45, 2.75) is 32.7 Å². The third kappa shape index (κ3) is 3.39. The number of hydrogen-bond donors (Lipinski definition) is 1. The van der Waals surface area contributed by atoms with Crippen LogP contribution in [-0.4, -0.2) is 28.1 Å². The number of nitrogens with zero attached hydrogens (tertiary/aromatic N) is 3. The molecule has 0 saturated carbocycles. The Morgan fingerprint density at radius 3 is 2.71 bits per heavy atom. The van der Waals surface area contributed by atoms with E-state index in [1.54, 1.807) is 13.8 Å². The molecule has 1 N–H and O–H groups in total. The van der Waals surface area contributed by atoms with Crippen LogP contribution in [0.25, 0.3) is 0 Å². The van der Waals surface area contributed by atoms with Gasteiger partial charge in [0.15, 0.2) is 5.13 Å². The zero-order chi connectivity index (χ0) is 15.6. The molecule has 21 heavy (non-hydrogen) atoms. The first kappa shape index (κ1) is 15.4. The molecular formula is C15H19N3O2S. The Bertz CT molecular complexity index is 652. The number of carbonyl (C=O) groups is 1. The standard InChI is InChI=1S/C15H19N3O2S/c1-10-6-5-7-11(16-10)8-18(4)14-17-12(9-21-14)15(2,3)13(19)20/h5-7,9H,8H2,1-4H3,(H,19,20). The lowest BCUT2D eigenvalue weighted by Gasteiger charge is -2.17. The minimum absolute atomic E-state index is 0.582. The second-order valence-corrected chi connectivity index (χ2v) is 6.41. The van der Waals surface area contributed by atoms with Gasteiger partial charge < -0.3 is 10.0 Å². The van der Waals surface area contributed by atoms with Crippen LogP contribution in [0.4, 0.5) is 5.13 Å². The number of carboxylic acids is 1. The molecule has 2 heterocycles. The van der Waals surface area contributed by atoms with Crippen LogP contribution in [0.1, 0.15) is 30.9 Å². The Morgan fingerprint density at radius 1 is 1.38 bits per heavy atom. The van der Waals surface area contributed by atoms with Gasteiger partial charge in [0.2, 0.25) is 0 Å². The molecule has 0 aliphatic rings. The fourth-order valence-corrected chi connectivity index (χ4v) is 2.79. The number of hydrogen-bond acceptors (Lipinski definition) is 5. The number of aryl methyl sites for hydroxylation is 1. The van der Waals surface area contributed by atoms with Crippen LogP contribution in [0.3, 0.4) is 0 Å². The second kappa shape index (κ2) is 5.81. The van der Waals surface area contributed by atoms with Gasteiger partial charge in [-0.2, -0.15) is 0 Å². The first-order valence-electron chi connectivity index (χ1n) is 6.64. The largest absolute Gasteiger partial charge is 0.481 e. The summed E-state index contributed by atoms with van der Waals surface area (Å²) in [6, 6.07) is 5.91. The molecule has 112 valence electrons. The van der Waals surface area contributed by atoms with Gasteiger partial charge >= 0.3 is 5.97 Å². The van der Waals surface area contributed by atoms with Crippen molar-refractivity contribution in [1.82, 2.24) is 9.97 Å². The average Bonchev–Trinajstić information content (AvgIpc) is 2.88. The second-order valence-electron chi connectivity index (χ2n) is 5.57. The maximum atomic E-state index is 11.3. The molecule has 0 bridgehead atoms. The van der Waals surface area contributed by atoms with Gasteiger partial charge in [-0.1, -0.05) is 6.07 Å². The minimum Gasteiger partial charge on any atom is -0.481 e. The van der Waals surface area contributed by atoms with Gasteiger partial charge in [0, 0.05) is 18.1 Å². The Morgan fingerprint density at radius 2 is 2.10 bits per heavy atom. The zero-order valence-electron chi connectivity index (χ0n) is 12.6. The summed E-state index contributed by atoms with van der Waals surface area (Å²) in [4.78, 5) is 22.2. The first-order chi connectivity index (χ1) is 9.80. The van der Waals surface area contributed by atoms with Crippen LogP contribution < -0.4 is 4.90 Å². The summed E-state index contributed by atoms with van der Waals surface area (Å²) in [6.45, 7) is 5.93. The molecule has 6 heteroatoms. The Balaban J connectivity index is 2.16. The van der Waals surface area contributed by atoms with Gasteiger partial charge in [-0.15, -0.1) is 11.3 Å². The molecule has 0 radical (unpaired) electrons. The topological polar surface area (TPSA) is 66.3 Å².